The number of nitrogens with one attached hydrogen (secondary N) is 3. The highest BCUT2D eigenvalue weighted by Crippen LogP contribution is 2.42. The molecule has 9 heteroatoms. The molecule has 5 N–H and O–H groups in total. The van der Waals surface area contributed by atoms with Crippen LogP contribution in [0.5, 0.6) is 0 Å². The number of hydrogen-bond acceptors (Lipinski definition) is 5. The van der Waals surface area contributed by atoms with Crippen molar-refractivity contribution in [2.75, 3.05) is 32.7 Å². The molecule has 272 valence electrons. The predicted octanol–water partition coefficient (Wildman–Crippen LogP) is 5.08. The summed E-state index contributed by atoms with van der Waals surface area (Å²) in [7, 11) is 0. The molecule has 3 aromatic carbocycles. The van der Waals surface area contributed by atoms with E-state index in [1.807, 2.05) is 91.0 Å². The smallest absolute Gasteiger partial charge is 0.242 e. The Kier molecular flexibility index (Phi) is 14.2. The molecule has 1 aliphatic heterocycles. The zero-order valence-electron chi connectivity index (χ0n) is 29.9. The number of carbonyl (C=O) groups excluding carboxylic acids is 4. The lowest BCUT2D eigenvalue weighted by Crippen LogP contribution is -2.49. The van der Waals surface area contributed by atoms with Crippen molar-refractivity contribution < 1.29 is 19.2 Å². The summed E-state index contributed by atoms with van der Waals surface area (Å²) >= 11 is 0. The van der Waals surface area contributed by atoms with Crippen LogP contribution in [0, 0.1) is 11.8 Å². The van der Waals surface area contributed by atoms with Crippen molar-refractivity contribution in [1.29, 1.82) is 0 Å². The molecule has 0 bridgehead atoms. The van der Waals surface area contributed by atoms with E-state index >= 15 is 0 Å². The Bertz CT molecular complexity index is 1450. The van der Waals surface area contributed by atoms with Crippen molar-refractivity contribution in [1.82, 2.24) is 20.9 Å². The average molecular weight is 694 g/mol. The summed E-state index contributed by atoms with van der Waals surface area (Å²) in [5, 5.41) is 8.80. The molecule has 3 aromatic rings. The molecule has 1 aliphatic carbocycles. The van der Waals surface area contributed by atoms with E-state index in [9.17, 15) is 19.2 Å². The lowest BCUT2D eigenvalue weighted by atomic mass is 9.67. The van der Waals surface area contributed by atoms with Gasteiger partial charge in [0.1, 0.15) is 6.04 Å². The molecule has 0 aromatic heterocycles. The zero-order valence-corrected chi connectivity index (χ0v) is 29.9. The second-order valence-corrected chi connectivity index (χ2v) is 14.4. The first-order valence-electron chi connectivity index (χ1n) is 18.8. The Morgan fingerprint density at radius 3 is 1.84 bits per heavy atom. The highest BCUT2D eigenvalue weighted by atomic mass is 16.2. The number of benzene rings is 3. The largest absolute Gasteiger partial charge is 0.370 e. The summed E-state index contributed by atoms with van der Waals surface area (Å²) < 4.78 is 0. The van der Waals surface area contributed by atoms with Crippen LogP contribution >= 0.6 is 0 Å². The minimum atomic E-state index is -0.995. The van der Waals surface area contributed by atoms with Gasteiger partial charge in [-0.1, -0.05) is 110 Å². The van der Waals surface area contributed by atoms with Gasteiger partial charge in [0, 0.05) is 45.4 Å². The van der Waals surface area contributed by atoms with E-state index in [-0.39, 0.29) is 44.0 Å². The molecule has 1 heterocycles. The quantitative estimate of drug-likeness (QED) is 0.147. The van der Waals surface area contributed by atoms with Gasteiger partial charge in [0.05, 0.1) is 5.41 Å². The number of piperidine rings is 1. The molecule has 9 nitrogen and oxygen atoms in total. The Hall–Kier alpha value is -4.50. The topological polar surface area (TPSA) is 134 Å². The van der Waals surface area contributed by atoms with Crippen molar-refractivity contribution in [2.45, 2.75) is 82.1 Å². The van der Waals surface area contributed by atoms with E-state index in [0.29, 0.717) is 12.5 Å². The van der Waals surface area contributed by atoms with E-state index in [1.54, 1.807) is 0 Å². The van der Waals surface area contributed by atoms with Crippen LogP contribution in [-0.4, -0.2) is 67.3 Å². The minimum Gasteiger partial charge on any atom is -0.370 e. The van der Waals surface area contributed by atoms with Crippen molar-refractivity contribution in [3.63, 3.8) is 0 Å². The molecular formula is C42H55N5O4. The second-order valence-electron chi connectivity index (χ2n) is 14.4. The number of nitrogens with zero attached hydrogens (tertiary/aromatic N) is 1. The van der Waals surface area contributed by atoms with Crippen LogP contribution < -0.4 is 21.7 Å². The zero-order chi connectivity index (χ0) is 35.9. The first kappa shape index (κ1) is 37.7. The summed E-state index contributed by atoms with van der Waals surface area (Å²) in [6, 6.07) is 28.6. The number of rotatable bonds is 17. The Morgan fingerprint density at radius 1 is 0.706 bits per heavy atom. The number of likely N-dealkylation sites (tertiary alicyclic amines) is 1. The average Bonchev–Trinajstić information content (AvgIpc) is 3.16. The first-order chi connectivity index (χ1) is 24.8. The second kappa shape index (κ2) is 19.2. The molecular weight excluding hydrogens is 638 g/mol. The monoisotopic (exact) mass is 693 g/mol. The summed E-state index contributed by atoms with van der Waals surface area (Å²) in [6.07, 6.45) is 9.14. The maximum Gasteiger partial charge on any atom is 0.242 e. The molecule has 2 aliphatic rings. The van der Waals surface area contributed by atoms with Crippen molar-refractivity contribution in [3.05, 3.63) is 108 Å². The lowest BCUT2D eigenvalue weighted by Gasteiger charge is -2.36. The molecule has 0 unspecified atom stereocenters. The fourth-order valence-corrected chi connectivity index (χ4v) is 8.00. The van der Waals surface area contributed by atoms with E-state index in [4.69, 9.17) is 5.73 Å². The third-order valence-corrected chi connectivity index (χ3v) is 10.6. The maximum absolute atomic E-state index is 14.0. The molecule has 1 saturated carbocycles. The van der Waals surface area contributed by atoms with Gasteiger partial charge in [-0.25, -0.2) is 0 Å². The van der Waals surface area contributed by atoms with Gasteiger partial charge < -0.3 is 26.6 Å². The normalized spacial score (nSPS) is 17.6. The number of amides is 4. The van der Waals surface area contributed by atoms with Gasteiger partial charge in [0.25, 0.3) is 0 Å². The SMILES string of the molecule is NC(=O)CC[C@H](NC(=O)CC(c1ccccc1)(c1ccccc1)c1ccccc1)C(=O)NCCC(=O)NC[C@H]1CCCN(CC2CCCCC2)C1. The van der Waals surface area contributed by atoms with E-state index < -0.39 is 23.3 Å². The predicted molar refractivity (Wildman–Crippen MR) is 201 cm³/mol. The highest BCUT2D eigenvalue weighted by molar-refractivity contribution is 5.89. The highest BCUT2D eigenvalue weighted by Gasteiger charge is 2.39. The van der Waals surface area contributed by atoms with Crippen LogP contribution in [0.3, 0.4) is 0 Å². The van der Waals surface area contributed by atoms with Gasteiger partial charge in [-0.3, -0.25) is 19.2 Å². The van der Waals surface area contributed by atoms with Gasteiger partial charge in [0.15, 0.2) is 0 Å². The number of hydrogen-bond donors (Lipinski definition) is 4. The Morgan fingerprint density at radius 2 is 1.27 bits per heavy atom. The molecule has 2 atom stereocenters. The van der Waals surface area contributed by atoms with Gasteiger partial charge in [0.2, 0.25) is 23.6 Å². The standard InChI is InChI=1S/C42H55N5O4/c43-38(48)24-23-37(41(51)44-26-25-39(49)45-29-33-16-13-27-47(31-33)30-32-14-5-1-6-15-32)46-40(50)28-42(34-17-7-2-8-18-34,35-19-9-3-10-20-35)36-21-11-4-12-22-36/h2-4,7-12,17-22,32-33,37H,1,5-6,13-16,23-31H2,(H2,43,48)(H,44,51)(H,45,49)(H,46,50)/t33-,37+/m1/s1. The number of carbonyl (C=O) groups is 4. The van der Waals surface area contributed by atoms with Crippen molar-refractivity contribution in [3.8, 4) is 0 Å². The summed E-state index contributed by atoms with van der Waals surface area (Å²) in [6.45, 7) is 4.10. The van der Waals surface area contributed by atoms with Gasteiger partial charge >= 0.3 is 0 Å². The van der Waals surface area contributed by atoms with Crippen molar-refractivity contribution >= 4 is 23.6 Å². The Labute approximate surface area is 303 Å². The third kappa shape index (κ3) is 11.0. The van der Waals surface area contributed by atoms with Crippen molar-refractivity contribution in [2.24, 2.45) is 17.6 Å². The van der Waals surface area contributed by atoms with Gasteiger partial charge in [-0.05, 0) is 67.2 Å². The maximum atomic E-state index is 14.0. The van der Waals surface area contributed by atoms with E-state index in [2.05, 4.69) is 20.9 Å². The molecule has 1 saturated heterocycles. The van der Waals surface area contributed by atoms with Crippen LogP contribution in [0.25, 0.3) is 0 Å². The molecule has 51 heavy (non-hydrogen) atoms. The number of primary amides is 1. The lowest BCUT2D eigenvalue weighted by molar-refractivity contribution is -0.130. The Balaban J connectivity index is 1.18. The van der Waals surface area contributed by atoms with Crippen LogP contribution in [0.15, 0.2) is 91.0 Å². The molecule has 5 rings (SSSR count). The fraction of sp³-hybridized carbons (Fsp3) is 0.476. The molecule has 0 radical (unpaired) electrons. The third-order valence-electron chi connectivity index (χ3n) is 10.6. The van der Waals surface area contributed by atoms with Crippen LogP contribution in [0.2, 0.25) is 0 Å². The summed E-state index contributed by atoms with van der Waals surface area (Å²) in [4.78, 5) is 54.6. The molecule has 2 fully saturated rings. The summed E-state index contributed by atoms with van der Waals surface area (Å²) in [5.41, 5.74) is 7.42. The minimum absolute atomic E-state index is 0.0209. The molecule has 0 spiro atoms. The van der Waals surface area contributed by atoms with Crippen LogP contribution in [0.4, 0.5) is 0 Å². The van der Waals surface area contributed by atoms with Crippen LogP contribution in [-0.2, 0) is 24.6 Å². The van der Waals surface area contributed by atoms with Crippen LogP contribution in [0.1, 0.15) is 87.3 Å². The molecule has 4 amide bonds. The summed E-state index contributed by atoms with van der Waals surface area (Å²) in [5.74, 6) is -0.230. The first-order valence-corrected chi connectivity index (χ1v) is 18.8. The number of nitrogens with two attached hydrogens (primary N) is 1. The van der Waals surface area contributed by atoms with Gasteiger partial charge in [-0.15, -0.1) is 0 Å². The van der Waals surface area contributed by atoms with E-state index in [1.165, 1.54) is 38.6 Å². The van der Waals surface area contributed by atoms with Gasteiger partial charge in [-0.2, -0.15) is 0 Å². The van der Waals surface area contributed by atoms with E-state index in [0.717, 1.165) is 48.5 Å². The fourth-order valence-electron chi connectivity index (χ4n) is 8.00.